The molecule has 0 N–H and O–H groups in total. The van der Waals surface area contributed by atoms with Gasteiger partial charge in [0, 0.05) is 37.8 Å². The highest BCUT2D eigenvalue weighted by molar-refractivity contribution is 9.10. The molecule has 0 aliphatic carbocycles. The van der Waals surface area contributed by atoms with E-state index < -0.39 is 5.82 Å². The van der Waals surface area contributed by atoms with E-state index in [4.69, 9.17) is 11.6 Å². The van der Waals surface area contributed by atoms with Crippen LogP contribution < -0.4 is 4.90 Å². The fraction of sp³-hybridized carbons (Fsp3) is 0.286. The molecule has 2 aromatic rings. The van der Waals surface area contributed by atoms with E-state index in [1.165, 1.54) is 17.6 Å². The number of piperazine rings is 1. The lowest BCUT2D eigenvalue weighted by atomic mass is 10.2. The molecular weight excluding hydrogens is 393 g/mol. The zero-order valence-electron chi connectivity index (χ0n) is 11.4. The number of anilines is 1. The van der Waals surface area contributed by atoms with Crippen LogP contribution in [0.25, 0.3) is 10.9 Å². The van der Waals surface area contributed by atoms with E-state index in [9.17, 15) is 9.18 Å². The lowest BCUT2D eigenvalue weighted by Gasteiger charge is -2.34. The molecular formula is C14H12BrClFN3OS. The third-order valence-corrected chi connectivity index (χ3v) is 5.79. The van der Waals surface area contributed by atoms with Gasteiger partial charge in [0.15, 0.2) is 5.82 Å². The maximum absolute atomic E-state index is 14.2. The molecule has 8 heteroatoms. The summed E-state index contributed by atoms with van der Waals surface area (Å²) in [6.07, 6.45) is 4.05. The molecule has 0 bridgehead atoms. The van der Waals surface area contributed by atoms with Gasteiger partial charge >= 0.3 is 0 Å². The summed E-state index contributed by atoms with van der Waals surface area (Å²) in [5.74, 6) is -0.419. The van der Waals surface area contributed by atoms with Crippen molar-refractivity contribution in [1.29, 1.82) is 0 Å². The van der Waals surface area contributed by atoms with Gasteiger partial charge in [-0.15, -0.1) is 0 Å². The molecule has 1 saturated heterocycles. The number of halogens is 3. The first kappa shape index (κ1) is 15.7. The van der Waals surface area contributed by atoms with Crippen molar-refractivity contribution >= 4 is 61.3 Å². The van der Waals surface area contributed by atoms with Crippen LogP contribution in [0.3, 0.4) is 0 Å². The van der Waals surface area contributed by atoms with E-state index >= 15 is 0 Å². The highest BCUT2D eigenvalue weighted by Crippen LogP contribution is 2.39. The molecule has 0 unspecified atom stereocenters. The Bertz CT molecular complexity index is 743. The molecule has 3 rings (SSSR count). The number of allylic oxidation sites excluding steroid dienone is 1. The SMILES string of the molecule is O=CC=CN1CCN(c2snc3c(F)c(Br)c(Cl)cc23)CC1. The van der Waals surface area contributed by atoms with Crippen LogP contribution >= 0.6 is 39.1 Å². The number of hydrogen-bond acceptors (Lipinski definition) is 5. The van der Waals surface area contributed by atoms with Gasteiger partial charge in [-0.1, -0.05) is 11.6 Å². The fourth-order valence-corrected chi connectivity index (χ4v) is 3.84. The average molecular weight is 405 g/mol. The van der Waals surface area contributed by atoms with Crippen LogP contribution in [-0.4, -0.2) is 41.7 Å². The van der Waals surface area contributed by atoms with Crippen molar-refractivity contribution in [3.8, 4) is 0 Å². The maximum Gasteiger partial charge on any atom is 0.166 e. The monoisotopic (exact) mass is 403 g/mol. The highest BCUT2D eigenvalue weighted by Gasteiger charge is 2.22. The van der Waals surface area contributed by atoms with Crippen molar-refractivity contribution in [1.82, 2.24) is 9.27 Å². The molecule has 1 aromatic heterocycles. The number of aromatic nitrogens is 1. The van der Waals surface area contributed by atoms with Gasteiger partial charge in [-0.25, -0.2) is 4.39 Å². The molecule has 0 radical (unpaired) electrons. The Labute approximate surface area is 144 Å². The van der Waals surface area contributed by atoms with Crippen molar-refractivity contribution in [2.24, 2.45) is 0 Å². The minimum Gasteiger partial charge on any atom is -0.374 e. The van der Waals surface area contributed by atoms with Gasteiger partial charge in [0.1, 0.15) is 16.8 Å². The third-order valence-electron chi connectivity index (χ3n) is 3.57. The number of fused-ring (bicyclic) bond motifs is 1. The molecule has 1 aliphatic heterocycles. The first-order valence-electron chi connectivity index (χ1n) is 6.65. The van der Waals surface area contributed by atoms with Crippen molar-refractivity contribution in [3.63, 3.8) is 0 Å². The topological polar surface area (TPSA) is 36.4 Å². The molecule has 2 heterocycles. The second kappa shape index (κ2) is 6.52. The van der Waals surface area contributed by atoms with Gasteiger partial charge in [-0.2, -0.15) is 4.37 Å². The normalized spacial score (nSPS) is 16.0. The van der Waals surface area contributed by atoms with Gasteiger partial charge in [0.25, 0.3) is 0 Å². The quantitative estimate of drug-likeness (QED) is 0.444. The van der Waals surface area contributed by atoms with Crippen LogP contribution in [0.5, 0.6) is 0 Å². The molecule has 1 aliphatic rings. The largest absolute Gasteiger partial charge is 0.374 e. The number of aldehydes is 1. The molecule has 1 aromatic carbocycles. The standard InChI is InChI=1S/C14H12BrClFN3OS/c15-11-10(16)8-9-13(12(11)17)18-22-14(9)20-5-3-19(4-6-20)2-1-7-21/h1-2,7-8H,3-6H2. The Morgan fingerprint density at radius 1 is 1.36 bits per heavy atom. The van der Waals surface area contributed by atoms with E-state index in [-0.39, 0.29) is 4.47 Å². The summed E-state index contributed by atoms with van der Waals surface area (Å²) in [6, 6.07) is 1.75. The van der Waals surface area contributed by atoms with Gasteiger partial charge in [-0.05, 0) is 39.6 Å². The Morgan fingerprint density at radius 3 is 2.77 bits per heavy atom. The van der Waals surface area contributed by atoms with E-state index in [1.54, 1.807) is 12.3 Å². The van der Waals surface area contributed by atoms with E-state index in [0.29, 0.717) is 10.5 Å². The maximum atomic E-state index is 14.2. The highest BCUT2D eigenvalue weighted by atomic mass is 79.9. The second-order valence-corrected chi connectivity index (χ2v) is 6.82. The van der Waals surface area contributed by atoms with Crippen LogP contribution in [0.2, 0.25) is 5.02 Å². The van der Waals surface area contributed by atoms with Crippen LogP contribution in [0.4, 0.5) is 9.39 Å². The first-order chi connectivity index (χ1) is 10.6. The van der Waals surface area contributed by atoms with E-state index in [1.807, 2.05) is 0 Å². The van der Waals surface area contributed by atoms with Crippen LogP contribution in [0, 0.1) is 5.82 Å². The smallest absolute Gasteiger partial charge is 0.166 e. The van der Waals surface area contributed by atoms with Crippen molar-refractivity contribution in [2.45, 2.75) is 0 Å². The van der Waals surface area contributed by atoms with Crippen molar-refractivity contribution < 1.29 is 9.18 Å². The summed E-state index contributed by atoms with van der Waals surface area (Å²) in [7, 11) is 0. The molecule has 1 fully saturated rings. The lowest BCUT2D eigenvalue weighted by molar-refractivity contribution is -0.104. The Hall–Kier alpha value is -1.18. The number of carbonyl (C=O) groups excluding carboxylic acids is 1. The Morgan fingerprint density at radius 2 is 2.09 bits per heavy atom. The number of nitrogens with zero attached hydrogens (tertiary/aromatic N) is 3. The molecule has 0 atom stereocenters. The van der Waals surface area contributed by atoms with E-state index in [0.717, 1.165) is 42.9 Å². The van der Waals surface area contributed by atoms with E-state index in [2.05, 4.69) is 30.1 Å². The molecule has 4 nitrogen and oxygen atoms in total. The van der Waals surface area contributed by atoms with Crippen LogP contribution in [0.15, 0.2) is 22.8 Å². The van der Waals surface area contributed by atoms with Crippen molar-refractivity contribution in [3.05, 3.63) is 33.7 Å². The molecule has 0 saturated carbocycles. The summed E-state index contributed by atoms with van der Waals surface area (Å²) in [4.78, 5) is 14.6. The van der Waals surface area contributed by atoms with Crippen LogP contribution in [0.1, 0.15) is 0 Å². The van der Waals surface area contributed by atoms with Gasteiger partial charge in [0.05, 0.1) is 9.50 Å². The van der Waals surface area contributed by atoms with Gasteiger partial charge in [0.2, 0.25) is 0 Å². The summed E-state index contributed by atoms with van der Waals surface area (Å²) in [6.45, 7) is 3.18. The van der Waals surface area contributed by atoms with Crippen molar-refractivity contribution in [2.75, 3.05) is 31.1 Å². The summed E-state index contributed by atoms with van der Waals surface area (Å²) in [5, 5.41) is 2.02. The van der Waals surface area contributed by atoms with Crippen LogP contribution in [-0.2, 0) is 4.79 Å². The predicted molar refractivity (Wildman–Crippen MR) is 91.3 cm³/mol. The summed E-state index contributed by atoms with van der Waals surface area (Å²) < 4.78 is 18.7. The Balaban J connectivity index is 1.86. The summed E-state index contributed by atoms with van der Waals surface area (Å²) in [5.41, 5.74) is 0.347. The number of benzene rings is 1. The lowest BCUT2D eigenvalue weighted by Crippen LogP contribution is -2.43. The Kier molecular flexibility index (Phi) is 4.65. The zero-order valence-corrected chi connectivity index (χ0v) is 14.6. The first-order valence-corrected chi connectivity index (χ1v) is 8.60. The molecule has 0 spiro atoms. The fourth-order valence-electron chi connectivity index (χ4n) is 2.43. The number of hydrogen-bond donors (Lipinski definition) is 0. The number of rotatable bonds is 3. The molecule has 22 heavy (non-hydrogen) atoms. The average Bonchev–Trinajstić information content (AvgIpc) is 2.95. The molecule has 0 amide bonds. The van der Waals surface area contributed by atoms with Gasteiger partial charge in [-0.3, -0.25) is 4.79 Å². The third kappa shape index (κ3) is 2.85. The second-order valence-electron chi connectivity index (χ2n) is 4.87. The van der Waals surface area contributed by atoms with Gasteiger partial charge < -0.3 is 9.80 Å². The number of carbonyl (C=O) groups is 1. The summed E-state index contributed by atoms with van der Waals surface area (Å²) >= 11 is 10.5. The predicted octanol–water partition coefficient (Wildman–Crippen LogP) is 3.69. The molecule has 116 valence electrons. The minimum atomic E-state index is -0.419. The zero-order chi connectivity index (χ0) is 15.7. The minimum absolute atomic E-state index is 0.252.